The summed E-state index contributed by atoms with van der Waals surface area (Å²) in [7, 11) is 0. The number of carboxylic acids is 1. The molecule has 0 bridgehead atoms. The predicted molar refractivity (Wildman–Crippen MR) is 124 cm³/mol. The highest BCUT2D eigenvalue weighted by Gasteiger charge is 2.37. The third-order valence-corrected chi connectivity index (χ3v) is 6.77. The first-order valence-electron chi connectivity index (χ1n) is 11.5. The highest BCUT2D eigenvalue weighted by atomic mass is 16.5. The van der Waals surface area contributed by atoms with Crippen molar-refractivity contribution < 1.29 is 24.2 Å². The Morgan fingerprint density at radius 3 is 2.15 bits per heavy atom. The minimum atomic E-state index is -1.09. The molecule has 1 atom stereocenters. The Balaban J connectivity index is 1.42. The Hall–Kier alpha value is -3.35. The molecule has 7 nitrogen and oxygen atoms in total. The molecule has 2 aromatic carbocycles. The predicted octanol–water partition coefficient (Wildman–Crippen LogP) is 4.21. The molecular formula is C26H30N2O5. The molecule has 0 heterocycles. The van der Waals surface area contributed by atoms with Crippen LogP contribution in [0.5, 0.6) is 0 Å². The van der Waals surface area contributed by atoms with Gasteiger partial charge in [0.1, 0.15) is 12.6 Å². The van der Waals surface area contributed by atoms with Gasteiger partial charge in [0.2, 0.25) is 5.91 Å². The van der Waals surface area contributed by atoms with Gasteiger partial charge in [0.25, 0.3) is 0 Å². The number of alkyl carbamates (subject to hydrolysis) is 1. The van der Waals surface area contributed by atoms with Crippen LogP contribution in [-0.2, 0) is 14.3 Å². The van der Waals surface area contributed by atoms with E-state index in [0.29, 0.717) is 12.8 Å². The Morgan fingerprint density at radius 2 is 1.58 bits per heavy atom. The summed E-state index contributed by atoms with van der Waals surface area (Å²) in [4.78, 5) is 36.4. The molecule has 0 spiro atoms. The van der Waals surface area contributed by atoms with E-state index >= 15 is 0 Å². The fraction of sp³-hybridized carbons (Fsp3) is 0.423. The van der Waals surface area contributed by atoms with Gasteiger partial charge in [-0.1, -0.05) is 67.8 Å². The van der Waals surface area contributed by atoms with E-state index in [1.165, 1.54) is 6.92 Å². The molecule has 7 heteroatoms. The van der Waals surface area contributed by atoms with Crippen molar-refractivity contribution in [1.82, 2.24) is 10.6 Å². The second-order valence-electron chi connectivity index (χ2n) is 9.10. The highest BCUT2D eigenvalue weighted by molar-refractivity contribution is 5.84. The van der Waals surface area contributed by atoms with Crippen LogP contribution in [0.1, 0.15) is 62.5 Å². The fourth-order valence-electron chi connectivity index (χ4n) is 5.09. The van der Waals surface area contributed by atoms with Crippen LogP contribution in [0.3, 0.4) is 0 Å². The van der Waals surface area contributed by atoms with Gasteiger partial charge in [-0.05, 0) is 42.0 Å². The minimum Gasteiger partial charge on any atom is -0.480 e. The third-order valence-electron chi connectivity index (χ3n) is 6.77. The fourth-order valence-corrected chi connectivity index (χ4v) is 5.09. The van der Waals surface area contributed by atoms with Crippen LogP contribution < -0.4 is 10.6 Å². The number of hydrogen-bond donors (Lipinski definition) is 3. The number of rotatable bonds is 7. The molecule has 4 rings (SSSR count). The lowest BCUT2D eigenvalue weighted by Gasteiger charge is -2.37. The van der Waals surface area contributed by atoms with Crippen molar-refractivity contribution in [2.45, 2.75) is 62.9 Å². The largest absolute Gasteiger partial charge is 0.480 e. The highest BCUT2D eigenvalue weighted by Crippen LogP contribution is 2.44. The molecule has 0 aliphatic heterocycles. The van der Waals surface area contributed by atoms with Crippen molar-refractivity contribution in [2.24, 2.45) is 0 Å². The average Bonchev–Trinajstić information content (AvgIpc) is 3.11. The number of aliphatic carboxylic acids is 1. The number of ether oxygens (including phenoxy) is 1. The van der Waals surface area contributed by atoms with E-state index < -0.39 is 23.6 Å². The van der Waals surface area contributed by atoms with Crippen LogP contribution in [0.15, 0.2) is 48.5 Å². The molecule has 2 amide bonds. The summed E-state index contributed by atoms with van der Waals surface area (Å²) >= 11 is 0. The SMILES string of the molecule is C[C@@H](NC(=O)CC1(NC(=O)OCC2c3ccccc3-c3ccccc32)CCCCC1)C(=O)O. The molecule has 2 aromatic rings. The number of amides is 2. The molecule has 0 aromatic heterocycles. The maximum atomic E-state index is 12.8. The Kier molecular flexibility index (Phi) is 6.67. The molecule has 0 unspecified atom stereocenters. The second kappa shape index (κ2) is 9.65. The zero-order valence-electron chi connectivity index (χ0n) is 18.8. The molecule has 1 saturated carbocycles. The van der Waals surface area contributed by atoms with Crippen molar-refractivity contribution in [2.75, 3.05) is 6.61 Å². The van der Waals surface area contributed by atoms with E-state index in [1.807, 2.05) is 24.3 Å². The van der Waals surface area contributed by atoms with Crippen molar-refractivity contribution in [3.63, 3.8) is 0 Å². The van der Waals surface area contributed by atoms with E-state index in [0.717, 1.165) is 41.5 Å². The van der Waals surface area contributed by atoms with Crippen LogP contribution in [0.4, 0.5) is 4.79 Å². The van der Waals surface area contributed by atoms with E-state index in [4.69, 9.17) is 9.84 Å². The van der Waals surface area contributed by atoms with E-state index in [2.05, 4.69) is 34.9 Å². The summed E-state index contributed by atoms with van der Waals surface area (Å²) in [6, 6.07) is 15.3. The molecular weight excluding hydrogens is 420 g/mol. The van der Waals surface area contributed by atoms with Gasteiger partial charge in [-0.3, -0.25) is 9.59 Å². The van der Waals surface area contributed by atoms with Crippen LogP contribution in [0, 0.1) is 0 Å². The average molecular weight is 451 g/mol. The number of nitrogens with one attached hydrogen (secondary N) is 2. The lowest BCUT2D eigenvalue weighted by atomic mass is 9.79. The van der Waals surface area contributed by atoms with Gasteiger partial charge in [0, 0.05) is 12.3 Å². The Labute approximate surface area is 193 Å². The maximum absolute atomic E-state index is 12.8. The molecule has 174 valence electrons. The number of hydrogen-bond acceptors (Lipinski definition) is 4. The monoisotopic (exact) mass is 450 g/mol. The Morgan fingerprint density at radius 1 is 1.00 bits per heavy atom. The maximum Gasteiger partial charge on any atom is 0.407 e. The lowest BCUT2D eigenvalue weighted by Crippen LogP contribution is -2.53. The minimum absolute atomic E-state index is 0.0365. The van der Waals surface area contributed by atoms with Gasteiger partial charge in [0.15, 0.2) is 0 Å². The summed E-state index contributed by atoms with van der Waals surface area (Å²) in [5, 5.41) is 14.5. The summed E-state index contributed by atoms with van der Waals surface area (Å²) in [5.74, 6) is -1.51. The number of carboxylic acid groups (broad SMARTS) is 1. The van der Waals surface area contributed by atoms with Crippen molar-refractivity contribution in [3.8, 4) is 11.1 Å². The second-order valence-corrected chi connectivity index (χ2v) is 9.10. The summed E-state index contributed by atoms with van der Waals surface area (Å²) in [6.07, 6.45) is 3.64. The van der Waals surface area contributed by atoms with Crippen LogP contribution in [-0.4, -0.2) is 41.3 Å². The standard InChI is InChI=1S/C26H30N2O5/c1-17(24(30)31)27-23(29)15-26(13-7-2-8-14-26)28-25(32)33-16-22-20-11-5-3-9-18(20)19-10-4-6-12-21(19)22/h3-6,9-12,17,22H,2,7-8,13-16H2,1H3,(H,27,29)(H,28,32)(H,30,31)/t17-/m1/s1. The lowest BCUT2D eigenvalue weighted by molar-refractivity contribution is -0.141. The summed E-state index contributed by atoms with van der Waals surface area (Å²) < 4.78 is 5.69. The van der Waals surface area contributed by atoms with Gasteiger partial charge < -0.3 is 20.5 Å². The first kappa shape index (κ1) is 22.8. The number of benzene rings is 2. The first-order chi connectivity index (χ1) is 15.9. The molecule has 3 N–H and O–H groups in total. The van der Waals surface area contributed by atoms with E-state index in [9.17, 15) is 14.4 Å². The quantitative estimate of drug-likeness (QED) is 0.586. The number of carbonyl (C=O) groups is 3. The zero-order chi connectivity index (χ0) is 23.4. The summed E-state index contributed by atoms with van der Waals surface area (Å²) in [6.45, 7) is 1.63. The number of carbonyl (C=O) groups excluding carboxylic acids is 2. The van der Waals surface area contributed by atoms with Crippen molar-refractivity contribution in [1.29, 1.82) is 0 Å². The van der Waals surface area contributed by atoms with Gasteiger partial charge in [-0.25, -0.2) is 4.79 Å². The van der Waals surface area contributed by atoms with Gasteiger partial charge in [-0.2, -0.15) is 0 Å². The van der Waals surface area contributed by atoms with Crippen LogP contribution >= 0.6 is 0 Å². The molecule has 0 radical (unpaired) electrons. The van der Waals surface area contributed by atoms with Crippen molar-refractivity contribution >= 4 is 18.0 Å². The summed E-state index contributed by atoms with van der Waals surface area (Å²) in [5.41, 5.74) is 3.88. The van der Waals surface area contributed by atoms with Gasteiger partial charge in [-0.15, -0.1) is 0 Å². The molecule has 33 heavy (non-hydrogen) atoms. The normalized spacial score (nSPS) is 17.4. The molecule has 2 aliphatic rings. The topological polar surface area (TPSA) is 105 Å². The van der Waals surface area contributed by atoms with Crippen LogP contribution in [0.25, 0.3) is 11.1 Å². The zero-order valence-corrected chi connectivity index (χ0v) is 18.8. The Bertz CT molecular complexity index is 999. The smallest absolute Gasteiger partial charge is 0.407 e. The molecule has 2 aliphatic carbocycles. The third kappa shape index (κ3) is 5.02. The van der Waals surface area contributed by atoms with E-state index in [1.54, 1.807) is 0 Å². The molecule has 0 saturated heterocycles. The van der Waals surface area contributed by atoms with Crippen LogP contribution in [0.2, 0.25) is 0 Å². The van der Waals surface area contributed by atoms with Gasteiger partial charge >= 0.3 is 12.1 Å². The van der Waals surface area contributed by atoms with E-state index in [-0.39, 0.29) is 24.9 Å². The number of fused-ring (bicyclic) bond motifs is 3. The first-order valence-corrected chi connectivity index (χ1v) is 11.5. The van der Waals surface area contributed by atoms with Crippen molar-refractivity contribution in [3.05, 3.63) is 59.7 Å². The van der Waals surface area contributed by atoms with Gasteiger partial charge in [0.05, 0.1) is 5.54 Å². The molecule has 1 fully saturated rings.